The molecule has 0 aliphatic carbocycles. The van der Waals surface area contributed by atoms with E-state index in [1.54, 1.807) is 36.1 Å². The lowest BCUT2D eigenvalue weighted by Crippen LogP contribution is -2.15. The molecule has 0 unspecified atom stereocenters. The minimum Gasteiger partial charge on any atom is -0.466 e. The van der Waals surface area contributed by atoms with Gasteiger partial charge in [-0.2, -0.15) is 5.10 Å². The summed E-state index contributed by atoms with van der Waals surface area (Å²) >= 11 is 0. The number of ether oxygens (including phenoxy) is 1. The van der Waals surface area contributed by atoms with Crippen LogP contribution < -0.4 is 5.14 Å². The number of hydrogen-bond acceptors (Lipinski definition) is 6. The first-order valence-corrected chi connectivity index (χ1v) is 9.38. The molecule has 0 saturated carbocycles. The van der Waals surface area contributed by atoms with Crippen molar-refractivity contribution in [3.8, 4) is 22.5 Å². The maximum Gasteiger partial charge on any atom is 0.307 e. The van der Waals surface area contributed by atoms with Gasteiger partial charge in [0.05, 0.1) is 30.7 Å². The first kappa shape index (κ1) is 17.9. The predicted octanol–water partition coefficient (Wildman–Crippen LogP) is 0.869. The Kier molecular flexibility index (Phi) is 4.91. The van der Waals surface area contributed by atoms with Crippen LogP contribution in [0.4, 0.5) is 0 Å². The number of aromatic nitrogens is 5. The highest BCUT2D eigenvalue weighted by atomic mass is 32.2. The lowest BCUT2D eigenvalue weighted by Gasteiger charge is -2.13. The van der Waals surface area contributed by atoms with Gasteiger partial charge < -0.3 is 4.74 Å². The van der Waals surface area contributed by atoms with Gasteiger partial charge in [0.15, 0.2) is 5.82 Å². The highest BCUT2D eigenvalue weighted by Gasteiger charge is 2.22. The summed E-state index contributed by atoms with van der Waals surface area (Å²) in [4.78, 5) is 11.4. The molecule has 10 nitrogen and oxygen atoms in total. The van der Waals surface area contributed by atoms with E-state index in [1.807, 2.05) is 0 Å². The van der Waals surface area contributed by atoms with Crippen LogP contribution in [0.25, 0.3) is 22.5 Å². The smallest absolute Gasteiger partial charge is 0.307 e. The average molecular weight is 378 g/mol. The van der Waals surface area contributed by atoms with E-state index < -0.39 is 10.0 Å². The molecule has 26 heavy (non-hydrogen) atoms. The molecule has 1 aromatic carbocycles. The number of nitrogens with two attached hydrogens (primary N) is 1. The largest absolute Gasteiger partial charge is 0.466 e. The Hall–Kier alpha value is -2.92. The van der Waals surface area contributed by atoms with E-state index in [0.717, 1.165) is 0 Å². The maximum atomic E-state index is 11.9. The van der Waals surface area contributed by atoms with Crippen molar-refractivity contribution in [2.24, 2.45) is 5.14 Å². The molecule has 2 heterocycles. The molecule has 0 radical (unpaired) electrons. The molecular weight excluding hydrogens is 360 g/mol. The minimum absolute atomic E-state index is 0.0398. The SMILES string of the molecule is CCOC(=O)CCn1cc(-c2cccc(S(N)(=O)=O)c2-c2n[nH][nH]2)cn1. The van der Waals surface area contributed by atoms with Crippen LogP contribution >= 0.6 is 0 Å². The number of esters is 1. The van der Waals surface area contributed by atoms with E-state index in [2.05, 4.69) is 20.5 Å². The summed E-state index contributed by atoms with van der Waals surface area (Å²) in [5.41, 5.74) is 1.64. The number of benzene rings is 1. The second kappa shape index (κ2) is 7.14. The van der Waals surface area contributed by atoms with Gasteiger partial charge >= 0.3 is 5.97 Å². The third kappa shape index (κ3) is 3.68. The first-order chi connectivity index (χ1) is 12.4. The predicted molar refractivity (Wildman–Crippen MR) is 92.2 cm³/mol. The fourth-order valence-corrected chi connectivity index (χ4v) is 3.31. The van der Waals surface area contributed by atoms with Crippen molar-refractivity contribution in [3.05, 3.63) is 30.6 Å². The second-order valence-electron chi connectivity index (χ2n) is 5.47. The fourth-order valence-electron chi connectivity index (χ4n) is 2.55. The first-order valence-electron chi connectivity index (χ1n) is 7.83. The third-order valence-electron chi connectivity index (χ3n) is 3.71. The molecule has 138 valence electrons. The van der Waals surface area contributed by atoms with Crippen LogP contribution in [-0.4, -0.2) is 46.2 Å². The quantitative estimate of drug-likeness (QED) is 0.519. The second-order valence-corrected chi connectivity index (χ2v) is 7.00. The van der Waals surface area contributed by atoms with Crippen molar-refractivity contribution in [3.63, 3.8) is 0 Å². The number of carbonyl (C=O) groups is 1. The summed E-state index contributed by atoms with van der Waals surface area (Å²) in [6.07, 6.45) is 3.50. The van der Waals surface area contributed by atoms with Crippen LogP contribution in [0.1, 0.15) is 13.3 Å². The highest BCUT2D eigenvalue weighted by molar-refractivity contribution is 7.89. The average Bonchev–Trinajstić information content (AvgIpc) is 2.99. The monoisotopic (exact) mass is 378 g/mol. The topological polar surface area (TPSA) is 149 Å². The van der Waals surface area contributed by atoms with Gasteiger partial charge in [-0.15, -0.1) is 5.10 Å². The van der Waals surface area contributed by atoms with Crippen molar-refractivity contribution in [1.82, 2.24) is 25.2 Å². The lowest BCUT2D eigenvalue weighted by atomic mass is 10.0. The van der Waals surface area contributed by atoms with Crippen molar-refractivity contribution < 1.29 is 17.9 Å². The molecule has 0 aliphatic heterocycles. The summed E-state index contributed by atoms with van der Waals surface area (Å²) in [5.74, 6) is 0.0597. The maximum absolute atomic E-state index is 11.9. The van der Waals surface area contributed by atoms with Crippen molar-refractivity contribution in [2.75, 3.05) is 6.61 Å². The van der Waals surface area contributed by atoms with Crippen LogP contribution in [0.2, 0.25) is 0 Å². The molecule has 2 aromatic heterocycles. The molecule has 0 spiro atoms. The van der Waals surface area contributed by atoms with Crippen molar-refractivity contribution in [2.45, 2.75) is 24.8 Å². The summed E-state index contributed by atoms with van der Waals surface area (Å²) < 4.78 is 30.3. The molecule has 0 atom stereocenters. The van der Waals surface area contributed by atoms with Gasteiger partial charge in [0, 0.05) is 17.3 Å². The summed E-state index contributed by atoms with van der Waals surface area (Å²) in [7, 11) is -3.94. The molecule has 0 fully saturated rings. The zero-order valence-corrected chi connectivity index (χ0v) is 14.8. The number of primary sulfonamides is 1. The molecule has 0 aliphatic rings. The van der Waals surface area contributed by atoms with Gasteiger partial charge in [-0.05, 0) is 18.6 Å². The number of hydrogen-bond donors (Lipinski definition) is 3. The molecular formula is C15H18N6O4S. The Morgan fingerprint density at radius 3 is 2.77 bits per heavy atom. The zero-order chi connectivity index (χ0) is 18.7. The highest BCUT2D eigenvalue weighted by Crippen LogP contribution is 2.34. The minimum atomic E-state index is -3.94. The molecule has 0 bridgehead atoms. The number of nitrogens with zero attached hydrogens (tertiary/aromatic N) is 3. The number of H-pyrrole nitrogens is 2. The van der Waals surface area contributed by atoms with Crippen LogP contribution in [0.5, 0.6) is 0 Å². The van der Waals surface area contributed by atoms with E-state index >= 15 is 0 Å². The Balaban J connectivity index is 1.95. The number of carbonyl (C=O) groups excluding carboxylic acids is 1. The van der Waals surface area contributed by atoms with Gasteiger partial charge in [0.25, 0.3) is 0 Å². The van der Waals surface area contributed by atoms with E-state index in [4.69, 9.17) is 9.88 Å². The normalized spacial score (nSPS) is 11.6. The number of nitrogens with one attached hydrogen (secondary N) is 2. The molecule has 3 aromatic rings. The van der Waals surface area contributed by atoms with Crippen molar-refractivity contribution in [1.29, 1.82) is 0 Å². The Morgan fingerprint density at radius 1 is 1.38 bits per heavy atom. The summed E-state index contributed by atoms with van der Waals surface area (Å²) in [6, 6.07) is 4.77. The van der Waals surface area contributed by atoms with E-state index in [-0.39, 0.29) is 17.3 Å². The van der Waals surface area contributed by atoms with Gasteiger partial charge in [-0.1, -0.05) is 12.1 Å². The fraction of sp³-hybridized carbons (Fsp3) is 0.267. The number of rotatable bonds is 7. The summed E-state index contributed by atoms with van der Waals surface area (Å²) in [5, 5.41) is 18.7. The van der Waals surface area contributed by atoms with Crippen LogP contribution in [-0.2, 0) is 26.1 Å². The Morgan fingerprint density at radius 2 is 2.15 bits per heavy atom. The van der Waals surface area contributed by atoms with Crippen LogP contribution in [0, 0.1) is 0 Å². The van der Waals surface area contributed by atoms with Crippen LogP contribution in [0.3, 0.4) is 0 Å². The summed E-state index contributed by atoms with van der Waals surface area (Å²) in [6.45, 7) is 2.43. The van der Waals surface area contributed by atoms with Gasteiger partial charge in [-0.3, -0.25) is 14.6 Å². The van der Waals surface area contributed by atoms with Gasteiger partial charge in [0.2, 0.25) is 10.0 Å². The van der Waals surface area contributed by atoms with Gasteiger partial charge in [0.1, 0.15) is 0 Å². The molecule has 11 heteroatoms. The Bertz CT molecular complexity index is 1010. The molecule has 4 N–H and O–H groups in total. The van der Waals surface area contributed by atoms with Crippen LogP contribution in [0.15, 0.2) is 35.5 Å². The lowest BCUT2D eigenvalue weighted by molar-refractivity contribution is -0.143. The molecule has 3 rings (SSSR count). The number of aromatic amines is 2. The standard InChI is InChI=1S/C15H18N6O4S/c1-2-25-13(22)6-7-21-9-10(8-17-21)11-4-3-5-12(26(16,23)24)14(11)15-18-20-19-15/h3-5,8-9,20H,2,6-7H2,1H3,(H,18,19)(H2,16,23,24). The Labute approximate surface area is 149 Å². The number of sulfonamides is 1. The van der Waals surface area contributed by atoms with E-state index in [0.29, 0.717) is 35.7 Å². The van der Waals surface area contributed by atoms with E-state index in [9.17, 15) is 13.2 Å². The van der Waals surface area contributed by atoms with E-state index in [1.165, 1.54) is 6.07 Å². The molecule has 0 amide bonds. The van der Waals surface area contributed by atoms with Crippen molar-refractivity contribution >= 4 is 16.0 Å². The third-order valence-corrected chi connectivity index (χ3v) is 4.66. The number of aryl methyl sites for hydroxylation is 1. The zero-order valence-electron chi connectivity index (χ0n) is 14.0. The van der Waals surface area contributed by atoms with Gasteiger partial charge in [-0.25, -0.2) is 18.8 Å². The molecule has 0 saturated heterocycles.